The molecule has 0 radical (unpaired) electrons. The standard InChI is InChI=1S/C12H12O5/c1-5-8(14)3-9(15)11-10(5)7(4-13)6(2)17-12(11)16/h3,13-15H,4H2,1-2H3. The molecule has 0 fully saturated rings. The van der Waals surface area contributed by atoms with E-state index in [1.54, 1.807) is 13.8 Å². The third kappa shape index (κ3) is 1.55. The molecule has 0 spiro atoms. The van der Waals surface area contributed by atoms with Gasteiger partial charge in [-0.05, 0) is 19.4 Å². The highest BCUT2D eigenvalue weighted by Crippen LogP contribution is 2.35. The molecule has 1 aromatic heterocycles. The molecule has 0 saturated heterocycles. The lowest BCUT2D eigenvalue weighted by atomic mass is 10.00. The third-order valence-electron chi connectivity index (χ3n) is 2.87. The monoisotopic (exact) mass is 236 g/mol. The maximum atomic E-state index is 11.7. The first-order valence-electron chi connectivity index (χ1n) is 5.06. The number of phenolic OH excluding ortho intramolecular Hbond substituents is 2. The average Bonchev–Trinajstić information content (AvgIpc) is 2.25. The van der Waals surface area contributed by atoms with E-state index in [0.29, 0.717) is 16.5 Å². The van der Waals surface area contributed by atoms with Crippen molar-refractivity contribution in [3.63, 3.8) is 0 Å². The van der Waals surface area contributed by atoms with Gasteiger partial charge in [0.25, 0.3) is 0 Å². The molecule has 5 nitrogen and oxygen atoms in total. The van der Waals surface area contributed by atoms with Crippen molar-refractivity contribution in [1.29, 1.82) is 0 Å². The van der Waals surface area contributed by atoms with Gasteiger partial charge in [0.1, 0.15) is 22.6 Å². The third-order valence-corrected chi connectivity index (χ3v) is 2.87. The van der Waals surface area contributed by atoms with Gasteiger partial charge in [0.15, 0.2) is 0 Å². The second-order valence-corrected chi connectivity index (χ2v) is 3.87. The van der Waals surface area contributed by atoms with Gasteiger partial charge in [0.2, 0.25) is 0 Å². The first-order valence-corrected chi connectivity index (χ1v) is 5.06. The molecule has 0 atom stereocenters. The number of hydrogen-bond acceptors (Lipinski definition) is 5. The summed E-state index contributed by atoms with van der Waals surface area (Å²) in [7, 11) is 0. The second kappa shape index (κ2) is 3.78. The normalized spacial score (nSPS) is 11.0. The van der Waals surface area contributed by atoms with Crippen molar-refractivity contribution in [3.8, 4) is 11.5 Å². The van der Waals surface area contributed by atoms with E-state index in [1.807, 2.05) is 0 Å². The van der Waals surface area contributed by atoms with Crippen LogP contribution in [-0.2, 0) is 6.61 Å². The van der Waals surface area contributed by atoms with Crippen LogP contribution in [0.4, 0.5) is 0 Å². The molecule has 0 aliphatic heterocycles. The fraction of sp³-hybridized carbons (Fsp3) is 0.250. The van der Waals surface area contributed by atoms with Crippen LogP contribution in [0.1, 0.15) is 16.9 Å². The largest absolute Gasteiger partial charge is 0.508 e. The highest BCUT2D eigenvalue weighted by molar-refractivity contribution is 5.94. The van der Waals surface area contributed by atoms with E-state index >= 15 is 0 Å². The van der Waals surface area contributed by atoms with Gasteiger partial charge in [-0.2, -0.15) is 0 Å². The van der Waals surface area contributed by atoms with E-state index in [0.717, 1.165) is 6.07 Å². The SMILES string of the molecule is Cc1oc(=O)c2c(O)cc(O)c(C)c2c1CO. The molecule has 0 unspecified atom stereocenters. The quantitative estimate of drug-likeness (QED) is 0.694. The van der Waals surface area contributed by atoms with E-state index in [2.05, 4.69) is 0 Å². The molecule has 0 saturated carbocycles. The molecular formula is C12H12O5. The molecule has 1 aromatic carbocycles. The zero-order chi connectivity index (χ0) is 12.7. The number of aliphatic hydroxyl groups excluding tert-OH is 1. The van der Waals surface area contributed by atoms with E-state index in [9.17, 15) is 20.1 Å². The number of aromatic hydroxyl groups is 2. The molecule has 17 heavy (non-hydrogen) atoms. The number of aryl methyl sites for hydroxylation is 2. The summed E-state index contributed by atoms with van der Waals surface area (Å²) in [6.45, 7) is 2.82. The van der Waals surface area contributed by atoms with Crippen LogP contribution in [0.3, 0.4) is 0 Å². The molecule has 2 rings (SSSR count). The van der Waals surface area contributed by atoms with Gasteiger partial charge in [-0.15, -0.1) is 0 Å². The van der Waals surface area contributed by atoms with E-state index in [1.165, 1.54) is 0 Å². The van der Waals surface area contributed by atoms with E-state index < -0.39 is 5.63 Å². The number of benzene rings is 1. The van der Waals surface area contributed by atoms with Crippen molar-refractivity contribution in [1.82, 2.24) is 0 Å². The number of rotatable bonds is 1. The molecular weight excluding hydrogens is 224 g/mol. The highest BCUT2D eigenvalue weighted by Gasteiger charge is 2.18. The van der Waals surface area contributed by atoms with Gasteiger partial charge < -0.3 is 19.7 Å². The Morgan fingerprint density at radius 2 is 1.82 bits per heavy atom. The first kappa shape index (κ1) is 11.5. The lowest BCUT2D eigenvalue weighted by Gasteiger charge is -2.11. The van der Waals surface area contributed by atoms with Crippen molar-refractivity contribution in [2.75, 3.05) is 0 Å². The Kier molecular flexibility index (Phi) is 2.55. The first-order chi connectivity index (χ1) is 7.97. The summed E-state index contributed by atoms with van der Waals surface area (Å²) < 4.78 is 4.93. The second-order valence-electron chi connectivity index (χ2n) is 3.87. The van der Waals surface area contributed by atoms with Crippen LogP contribution in [0, 0.1) is 13.8 Å². The minimum atomic E-state index is -0.685. The molecule has 0 amide bonds. The minimum Gasteiger partial charge on any atom is -0.508 e. The summed E-state index contributed by atoms with van der Waals surface area (Å²) in [4.78, 5) is 11.7. The maximum Gasteiger partial charge on any atom is 0.347 e. The molecule has 1 heterocycles. The van der Waals surface area contributed by atoms with Gasteiger partial charge in [0.05, 0.1) is 6.61 Å². The summed E-state index contributed by atoms with van der Waals surface area (Å²) in [6.07, 6.45) is 0. The van der Waals surface area contributed by atoms with Crippen LogP contribution in [0.2, 0.25) is 0 Å². The number of phenols is 2. The van der Waals surface area contributed by atoms with Gasteiger partial charge in [-0.25, -0.2) is 4.79 Å². The van der Waals surface area contributed by atoms with Crippen molar-refractivity contribution >= 4 is 10.8 Å². The molecule has 0 aliphatic rings. The summed E-state index contributed by atoms with van der Waals surface area (Å²) >= 11 is 0. The topological polar surface area (TPSA) is 90.9 Å². The Labute approximate surface area is 96.6 Å². The van der Waals surface area contributed by atoms with Crippen molar-refractivity contribution < 1.29 is 19.7 Å². The van der Waals surface area contributed by atoms with Crippen LogP contribution >= 0.6 is 0 Å². The molecule has 0 aliphatic carbocycles. The zero-order valence-electron chi connectivity index (χ0n) is 9.44. The highest BCUT2D eigenvalue weighted by atomic mass is 16.4. The minimum absolute atomic E-state index is 0.0186. The van der Waals surface area contributed by atoms with Crippen LogP contribution in [0.15, 0.2) is 15.3 Å². The molecule has 2 aromatic rings. The fourth-order valence-electron chi connectivity index (χ4n) is 1.96. The van der Waals surface area contributed by atoms with Gasteiger partial charge in [0, 0.05) is 17.0 Å². The summed E-state index contributed by atoms with van der Waals surface area (Å²) in [5.74, 6) is -0.209. The lowest BCUT2D eigenvalue weighted by molar-refractivity contribution is 0.276. The van der Waals surface area contributed by atoms with Gasteiger partial charge in [-0.1, -0.05) is 0 Å². The molecule has 3 N–H and O–H groups in total. The van der Waals surface area contributed by atoms with Crippen molar-refractivity contribution in [2.45, 2.75) is 20.5 Å². The zero-order valence-corrected chi connectivity index (χ0v) is 9.44. The summed E-state index contributed by atoms with van der Waals surface area (Å²) in [6, 6.07) is 1.09. The summed E-state index contributed by atoms with van der Waals surface area (Å²) in [5, 5.41) is 28.9. The van der Waals surface area contributed by atoms with Crippen LogP contribution in [0.25, 0.3) is 10.8 Å². The van der Waals surface area contributed by atoms with Crippen LogP contribution in [0.5, 0.6) is 11.5 Å². The fourth-order valence-corrected chi connectivity index (χ4v) is 1.96. The van der Waals surface area contributed by atoms with Gasteiger partial charge >= 0.3 is 5.63 Å². The Balaban J connectivity index is 3.15. The molecule has 0 bridgehead atoms. The Morgan fingerprint density at radius 3 is 2.41 bits per heavy atom. The smallest absolute Gasteiger partial charge is 0.347 e. The number of hydrogen-bond donors (Lipinski definition) is 3. The number of aliphatic hydroxyl groups is 1. The van der Waals surface area contributed by atoms with Crippen LogP contribution < -0.4 is 5.63 Å². The average molecular weight is 236 g/mol. The Bertz CT molecular complexity index is 654. The van der Waals surface area contributed by atoms with Crippen molar-refractivity contribution in [3.05, 3.63) is 33.4 Å². The molecule has 90 valence electrons. The van der Waals surface area contributed by atoms with E-state index in [4.69, 9.17) is 4.42 Å². The Hall–Kier alpha value is -2.01. The van der Waals surface area contributed by atoms with Gasteiger partial charge in [-0.3, -0.25) is 0 Å². The van der Waals surface area contributed by atoms with E-state index in [-0.39, 0.29) is 29.3 Å². The lowest BCUT2D eigenvalue weighted by Crippen LogP contribution is -2.06. The Morgan fingerprint density at radius 1 is 1.18 bits per heavy atom. The predicted octanol–water partition coefficient (Wildman–Crippen LogP) is 1.31. The van der Waals surface area contributed by atoms with Crippen LogP contribution in [-0.4, -0.2) is 15.3 Å². The summed E-state index contributed by atoms with van der Waals surface area (Å²) in [5.41, 5.74) is 0.136. The number of fused-ring (bicyclic) bond motifs is 1. The maximum absolute atomic E-state index is 11.7. The molecule has 5 heteroatoms. The predicted molar refractivity (Wildman–Crippen MR) is 61.2 cm³/mol. The van der Waals surface area contributed by atoms with Crippen molar-refractivity contribution in [2.24, 2.45) is 0 Å².